The van der Waals surface area contributed by atoms with Crippen molar-refractivity contribution in [1.82, 2.24) is 0 Å². The van der Waals surface area contributed by atoms with E-state index in [2.05, 4.69) is 4.99 Å². The van der Waals surface area contributed by atoms with E-state index in [0.29, 0.717) is 5.84 Å². The second-order valence-electron chi connectivity index (χ2n) is 1.04. The highest BCUT2D eigenvalue weighted by Crippen LogP contribution is 1.79. The highest BCUT2D eigenvalue weighted by Gasteiger charge is 1.80. The molecule has 40 valence electrons. The van der Waals surface area contributed by atoms with Gasteiger partial charge in [-0.1, -0.05) is 0 Å². The summed E-state index contributed by atoms with van der Waals surface area (Å²) in [4.78, 5) is 3.32. The summed E-state index contributed by atoms with van der Waals surface area (Å²) in [6.07, 6.45) is 0. The van der Waals surface area contributed by atoms with E-state index < -0.39 is 0 Å². The summed E-state index contributed by atoms with van der Waals surface area (Å²) < 4.78 is 0. The molecule has 0 heterocycles. The smallest absolute Gasteiger partial charge is 0.216 e. The summed E-state index contributed by atoms with van der Waals surface area (Å²) in [5, 5.41) is 6.24. The summed E-state index contributed by atoms with van der Waals surface area (Å²) in [6, 6.07) is 0. The Kier molecular flexibility index (Phi) is 2.37. The van der Waals surface area contributed by atoms with Crippen LogP contribution in [-0.4, -0.2) is 11.1 Å². The predicted octanol–water partition coefficient (Wildman–Crippen LogP) is 0.537. The number of aliphatic imine (C=N–C) groups is 1. The minimum atomic E-state index is -0.278. The fourth-order valence-corrected chi connectivity index (χ4v) is 0.288. The lowest BCUT2D eigenvalue weighted by Gasteiger charge is -1.82. The van der Waals surface area contributed by atoms with Crippen LogP contribution in [-0.2, 0) is 0 Å². The number of amidine groups is 2. The van der Waals surface area contributed by atoms with Crippen LogP contribution in [0.3, 0.4) is 0 Å². The first-order valence-electron chi connectivity index (χ1n) is 1.67. The van der Waals surface area contributed by atoms with Gasteiger partial charge in [0, 0.05) is 0 Å². The Morgan fingerprint density at radius 2 is 2.29 bits per heavy atom. The van der Waals surface area contributed by atoms with Crippen molar-refractivity contribution in [2.45, 2.75) is 6.92 Å². The third-order valence-electron chi connectivity index (χ3n) is 0.275. The Bertz CT molecular complexity index is 103. The number of nitrogens with one attached hydrogen (secondary N) is 1. The zero-order valence-electron chi connectivity index (χ0n) is 3.90. The molecule has 0 aromatic carbocycles. The maximum Gasteiger partial charge on any atom is 0.216 e. The Labute approximate surface area is 46.7 Å². The monoisotopic (exact) mass is 119 g/mol. The number of halogens is 1. The lowest BCUT2D eigenvalue weighted by Crippen LogP contribution is -2.06. The lowest BCUT2D eigenvalue weighted by atomic mass is 10.7. The summed E-state index contributed by atoms with van der Waals surface area (Å²) >= 11 is 4.99. The van der Waals surface area contributed by atoms with Gasteiger partial charge < -0.3 is 5.73 Å². The van der Waals surface area contributed by atoms with Crippen LogP contribution < -0.4 is 5.73 Å². The first-order chi connectivity index (χ1) is 3.13. The van der Waals surface area contributed by atoms with E-state index in [1.165, 1.54) is 0 Å². The predicted molar refractivity (Wildman–Crippen MR) is 30.9 cm³/mol. The van der Waals surface area contributed by atoms with Gasteiger partial charge in [-0.15, -0.1) is 0 Å². The molecule has 0 atom stereocenters. The molecule has 0 aliphatic carbocycles. The molecule has 0 radical (unpaired) electrons. The number of hydrogen-bond donors (Lipinski definition) is 2. The number of nitrogens with zero attached hydrogens (tertiary/aromatic N) is 1. The minimum absolute atomic E-state index is 0.278. The topological polar surface area (TPSA) is 62.2 Å². The van der Waals surface area contributed by atoms with Crippen LogP contribution in [0, 0.1) is 5.41 Å². The van der Waals surface area contributed by atoms with Gasteiger partial charge in [-0.05, 0) is 18.5 Å². The first kappa shape index (κ1) is 6.43. The Morgan fingerprint density at radius 3 is 2.29 bits per heavy atom. The molecule has 0 aromatic rings. The Balaban J connectivity index is 3.68. The van der Waals surface area contributed by atoms with Gasteiger partial charge in [0.25, 0.3) is 0 Å². The first-order valence-corrected chi connectivity index (χ1v) is 2.05. The van der Waals surface area contributed by atoms with E-state index >= 15 is 0 Å². The molecule has 0 fully saturated rings. The van der Waals surface area contributed by atoms with Crippen molar-refractivity contribution in [3.05, 3.63) is 0 Å². The quantitative estimate of drug-likeness (QED) is 0.273. The SMILES string of the molecule is CC(N)=NC(=N)Cl. The largest absolute Gasteiger partial charge is 0.387 e. The van der Waals surface area contributed by atoms with Crippen LogP contribution in [0.4, 0.5) is 0 Å². The molecule has 0 aromatic heterocycles. The molecule has 0 aliphatic heterocycles. The van der Waals surface area contributed by atoms with Gasteiger partial charge in [-0.2, -0.15) is 0 Å². The van der Waals surface area contributed by atoms with Crippen molar-refractivity contribution in [3.8, 4) is 0 Å². The second kappa shape index (κ2) is 2.58. The minimum Gasteiger partial charge on any atom is -0.387 e. The van der Waals surface area contributed by atoms with Crippen LogP contribution in [0.1, 0.15) is 6.92 Å². The molecule has 0 spiro atoms. The molecule has 0 amide bonds. The van der Waals surface area contributed by atoms with Crippen LogP contribution in [0.5, 0.6) is 0 Å². The van der Waals surface area contributed by atoms with Gasteiger partial charge in [0.05, 0.1) is 5.84 Å². The highest BCUT2D eigenvalue weighted by molar-refractivity contribution is 6.64. The molecular formula is C3H6ClN3. The summed E-state index contributed by atoms with van der Waals surface area (Å²) in [5.41, 5.74) is 5.02. The van der Waals surface area contributed by atoms with Crippen molar-refractivity contribution in [2.24, 2.45) is 10.7 Å². The fraction of sp³-hybridized carbons (Fsp3) is 0.333. The van der Waals surface area contributed by atoms with Crippen LogP contribution in [0.15, 0.2) is 4.99 Å². The van der Waals surface area contributed by atoms with Gasteiger partial charge in [-0.3, -0.25) is 5.41 Å². The fourth-order valence-electron chi connectivity index (χ4n) is 0.155. The van der Waals surface area contributed by atoms with E-state index in [9.17, 15) is 0 Å². The maximum atomic E-state index is 6.52. The average Bonchev–Trinajstić information content (AvgIpc) is 1.27. The summed E-state index contributed by atoms with van der Waals surface area (Å²) in [6.45, 7) is 1.57. The molecular weight excluding hydrogens is 114 g/mol. The van der Waals surface area contributed by atoms with Crippen LogP contribution in [0.2, 0.25) is 0 Å². The standard InChI is InChI=1S/C3H6ClN3/c1-2(5)7-3(4)6/h1H3,(H3,5,6,7). The molecule has 7 heavy (non-hydrogen) atoms. The van der Waals surface area contributed by atoms with Crippen molar-refractivity contribution in [3.63, 3.8) is 0 Å². The molecule has 3 nitrogen and oxygen atoms in total. The second-order valence-corrected chi connectivity index (χ2v) is 1.40. The zero-order valence-corrected chi connectivity index (χ0v) is 4.66. The van der Waals surface area contributed by atoms with Crippen LogP contribution in [0.25, 0.3) is 0 Å². The Morgan fingerprint density at radius 1 is 1.86 bits per heavy atom. The maximum absolute atomic E-state index is 6.52. The third kappa shape index (κ3) is 5.43. The molecule has 0 saturated heterocycles. The van der Waals surface area contributed by atoms with Gasteiger partial charge in [-0.25, -0.2) is 4.99 Å². The summed E-state index contributed by atoms with van der Waals surface area (Å²) in [5.74, 6) is 0.306. The highest BCUT2D eigenvalue weighted by atomic mass is 35.5. The molecule has 3 N–H and O–H groups in total. The molecule has 0 rings (SSSR count). The molecule has 4 heteroatoms. The number of rotatable bonds is 0. The molecule has 0 bridgehead atoms. The molecule has 0 aliphatic rings. The number of hydrogen-bond acceptors (Lipinski definition) is 1. The van der Waals surface area contributed by atoms with Gasteiger partial charge in [0.2, 0.25) is 5.29 Å². The van der Waals surface area contributed by atoms with E-state index in [1.54, 1.807) is 6.92 Å². The van der Waals surface area contributed by atoms with Crippen LogP contribution >= 0.6 is 11.6 Å². The van der Waals surface area contributed by atoms with Crippen molar-refractivity contribution >= 4 is 22.7 Å². The van der Waals surface area contributed by atoms with Crippen molar-refractivity contribution < 1.29 is 0 Å². The zero-order chi connectivity index (χ0) is 5.86. The van der Waals surface area contributed by atoms with Crippen molar-refractivity contribution in [2.75, 3.05) is 0 Å². The van der Waals surface area contributed by atoms with Gasteiger partial charge in [0.15, 0.2) is 0 Å². The van der Waals surface area contributed by atoms with E-state index in [1.807, 2.05) is 0 Å². The lowest BCUT2D eigenvalue weighted by molar-refractivity contribution is 1.46. The van der Waals surface area contributed by atoms with Gasteiger partial charge >= 0.3 is 0 Å². The van der Waals surface area contributed by atoms with Gasteiger partial charge in [0.1, 0.15) is 0 Å². The molecule has 0 unspecified atom stereocenters. The number of nitrogens with two attached hydrogens (primary N) is 1. The van der Waals surface area contributed by atoms with E-state index in [0.717, 1.165) is 0 Å². The average molecular weight is 120 g/mol. The third-order valence-corrected chi connectivity index (χ3v) is 0.359. The normalized spacial score (nSPS) is 11.4. The van der Waals surface area contributed by atoms with Crippen molar-refractivity contribution in [1.29, 1.82) is 5.41 Å². The van der Waals surface area contributed by atoms with E-state index in [-0.39, 0.29) is 5.29 Å². The summed E-state index contributed by atoms with van der Waals surface area (Å²) in [7, 11) is 0. The Hall–Kier alpha value is -0.570. The van der Waals surface area contributed by atoms with E-state index in [4.69, 9.17) is 22.7 Å². The molecule has 0 saturated carbocycles.